The molecule has 1 heterocycles. The average molecular weight is 264 g/mol. The predicted molar refractivity (Wildman–Crippen MR) is 77.5 cm³/mol. The first-order valence-corrected chi connectivity index (χ1v) is 7.30. The molecule has 1 aromatic carbocycles. The minimum Gasteiger partial charge on any atom is -0.330 e. The monoisotopic (exact) mass is 264 g/mol. The molecule has 0 spiro atoms. The molecule has 0 radical (unpaired) electrons. The van der Waals surface area contributed by atoms with E-state index < -0.39 is 0 Å². The van der Waals surface area contributed by atoms with E-state index in [0.717, 1.165) is 25.1 Å². The molecular formula is C16H25FN2. The highest BCUT2D eigenvalue weighted by atomic mass is 19.1. The van der Waals surface area contributed by atoms with Gasteiger partial charge in [0.25, 0.3) is 0 Å². The van der Waals surface area contributed by atoms with Gasteiger partial charge in [0.2, 0.25) is 0 Å². The first-order valence-electron chi connectivity index (χ1n) is 7.30. The molecule has 2 nitrogen and oxygen atoms in total. The fraction of sp³-hybridized carbons (Fsp3) is 0.625. The number of hydrogen-bond acceptors (Lipinski definition) is 2. The molecule has 3 heteroatoms. The van der Waals surface area contributed by atoms with Crippen LogP contribution >= 0.6 is 0 Å². The van der Waals surface area contributed by atoms with Gasteiger partial charge in [0.15, 0.2) is 0 Å². The Morgan fingerprint density at radius 1 is 1.42 bits per heavy atom. The molecule has 0 amide bonds. The van der Waals surface area contributed by atoms with Crippen molar-refractivity contribution in [1.82, 2.24) is 4.90 Å². The van der Waals surface area contributed by atoms with E-state index in [9.17, 15) is 4.39 Å². The van der Waals surface area contributed by atoms with Crippen LogP contribution in [0.5, 0.6) is 0 Å². The van der Waals surface area contributed by atoms with Gasteiger partial charge in [-0.05, 0) is 63.3 Å². The first kappa shape index (κ1) is 14.5. The van der Waals surface area contributed by atoms with Crippen LogP contribution < -0.4 is 5.73 Å². The van der Waals surface area contributed by atoms with Gasteiger partial charge in [-0.3, -0.25) is 4.90 Å². The Hall–Kier alpha value is -0.930. The number of benzene rings is 1. The van der Waals surface area contributed by atoms with Gasteiger partial charge in [-0.2, -0.15) is 0 Å². The van der Waals surface area contributed by atoms with Crippen molar-refractivity contribution in [3.8, 4) is 0 Å². The third kappa shape index (κ3) is 3.77. The minimum atomic E-state index is -0.142. The number of hydrogen-bond donors (Lipinski definition) is 1. The topological polar surface area (TPSA) is 29.3 Å². The average Bonchev–Trinajstić information content (AvgIpc) is 2.39. The Kier molecular flexibility index (Phi) is 4.94. The molecule has 2 rings (SSSR count). The maximum atomic E-state index is 13.2. The maximum Gasteiger partial charge on any atom is 0.123 e. The lowest BCUT2D eigenvalue weighted by Gasteiger charge is -2.41. The van der Waals surface area contributed by atoms with E-state index in [-0.39, 0.29) is 5.82 Å². The largest absolute Gasteiger partial charge is 0.330 e. The van der Waals surface area contributed by atoms with E-state index >= 15 is 0 Å². The maximum absolute atomic E-state index is 13.2. The molecule has 0 saturated carbocycles. The highest BCUT2D eigenvalue weighted by molar-refractivity contribution is 5.17. The van der Waals surface area contributed by atoms with Gasteiger partial charge < -0.3 is 5.73 Å². The second-order valence-corrected chi connectivity index (χ2v) is 5.91. The van der Waals surface area contributed by atoms with E-state index in [1.165, 1.54) is 18.9 Å². The summed E-state index contributed by atoms with van der Waals surface area (Å²) in [6.07, 6.45) is 3.36. The van der Waals surface area contributed by atoms with Crippen molar-refractivity contribution in [1.29, 1.82) is 0 Å². The van der Waals surface area contributed by atoms with Crippen LogP contribution in [0.25, 0.3) is 0 Å². The van der Waals surface area contributed by atoms with Crippen LogP contribution in [-0.4, -0.2) is 30.1 Å². The molecule has 0 bridgehead atoms. The number of nitrogens with two attached hydrogens (primary N) is 1. The molecule has 2 N–H and O–H groups in total. The van der Waals surface area contributed by atoms with E-state index in [1.807, 2.05) is 6.07 Å². The van der Waals surface area contributed by atoms with Gasteiger partial charge in [-0.15, -0.1) is 0 Å². The summed E-state index contributed by atoms with van der Waals surface area (Å²) in [6, 6.07) is 7.99. The van der Waals surface area contributed by atoms with E-state index in [0.29, 0.717) is 18.0 Å². The van der Waals surface area contributed by atoms with Gasteiger partial charge in [0.1, 0.15) is 5.82 Å². The van der Waals surface area contributed by atoms with Crippen molar-refractivity contribution in [2.24, 2.45) is 11.7 Å². The third-order valence-electron chi connectivity index (χ3n) is 4.35. The lowest BCUT2D eigenvalue weighted by molar-refractivity contribution is 0.0814. The van der Waals surface area contributed by atoms with Gasteiger partial charge >= 0.3 is 0 Å². The van der Waals surface area contributed by atoms with Crippen molar-refractivity contribution in [2.75, 3.05) is 13.1 Å². The molecule has 1 fully saturated rings. The Bertz CT molecular complexity index is 407. The highest BCUT2D eigenvalue weighted by Gasteiger charge is 2.28. The van der Waals surface area contributed by atoms with Crippen LogP contribution in [0.4, 0.5) is 4.39 Å². The minimum absolute atomic E-state index is 0.142. The van der Waals surface area contributed by atoms with Crippen LogP contribution in [-0.2, 0) is 6.42 Å². The van der Waals surface area contributed by atoms with Crippen LogP contribution in [0, 0.1) is 11.7 Å². The summed E-state index contributed by atoms with van der Waals surface area (Å²) >= 11 is 0. The summed E-state index contributed by atoms with van der Waals surface area (Å²) in [6.45, 7) is 6.37. The van der Waals surface area contributed by atoms with Crippen LogP contribution in [0.15, 0.2) is 24.3 Å². The van der Waals surface area contributed by atoms with Crippen molar-refractivity contribution in [3.63, 3.8) is 0 Å². The summed E-state index contributed by atoms with van der Waals surface area (Å²) in [5.41, 5.74) is 6.89. The number of halogens is 1. The molecular weight excluding hydrogens is 239 g/mol. The molecule has 1 aliphatic heterocycles. The van der Waals surface area contributed by atoms with Gasteiger partial charge in [-0.1, -0.05) is 12.1 Å². The molecule has 0 aliphatic carbocycles. The number of nitrogens with zero attached hydrogens (tertiary/aromatic N) is 1. The summed E-state index contributed by atoms with van der Waals surface area (Å²) in [4.78, 5) is 2.53. The van der Waals surface area contributed by atoms with Gasteiger partial charge in [-0.25, -0.2) is 4.39 Å². The highest BCUT2D eigenvalue weighted by Crippen LogP contribution is 2.24. The lowest BCUT2D eigenvalue weighted by atomic mass is 9.91. The first-order chi connectivity index (χ1) is 9.10. The molecule has 3 atom stereocenters. The fourth-order valence-electron chi connectivity index (χ4n) is 3.14. The second-order valence-electron chi connectivity index (χ2n) is 5.91. The normalized spacial score (nSPS) is 26.3. The second kappa shape index (κ2) is 6.49. The molecule has 0 aromatic heterocycles. The number of piperidine rings is 1. The van der Waals surface area contributed by atoms with E-state index in [2.05, 4.69) is 18.7 Å². The zero-order valence-electron chi connectivity index (χ0n) is 12.0. The Morgan fingerprint density at radius 3 is 2.89 bits per heavy atom. The SMILES string of the molecule is CC1CCC(CN)CN1C(C)Cc1cccc(F)c1. The summed E-state index contributed by atoms with van der Waals surface area (Å²) in [5, 5.41) is 0. The molecule has 1 saturated heterocycles. The molecule has 19 heavy (non-hydrogen) atoms. The van der Waals surface area contributed by atoms with Crippen molar-refractivity contribution < 1.29 is 4.39 Å². The predicted octanol–water partition coefficient (Wildman–Crippen LogP) is 2.82. The van der Waals surface area contributed by atoms with Crippen molar-refractivity contribution in [3.05, 3.63) is 35.6 Å². The number of rotatable bonds is 4. The molecule has 1 aliphatic rings. The third-order valence-corrected chi connectivity index (χ3v) is 4.35. The van der Waals surface area contributed by atoms with Crippen molar-refractivity contribution >= 4 is 0 Å². The van der Waals surface area contributed by atoms with Crippen LogP contribution in [0.2, 0.25) is 0 Å². The summed E-state index contributed by atoms with van der Waals surface area (Å²) in [7, 11) is 0. The van der Waals surface area contributed by atoms with E-state index in [1.54, 1.807) is 12.1 Å². The molecule has 106 valence electrons. The van der Waals surface area contributed by atoms with Crippen LogP contribution in [0.3, 0.4) is 0 Å². The smallest absolute Gasteiger partial charge is 0.123 e. The zero-order chi connectivity index (χ0) is 13.8. The number of likely N-dealkylation sites (tertiary alicyclic amines) is 1. The lowest BCUT2D eigenvalue weighted by Crippen LogP contribution is -2.48. The van der Waals surface area contributed by atoms with E-state index in [4.69, 9.17) is 5.73 Å². The van der Waals surface area contributed by atoms with Crippen molar-refractivity contribution in [2.45, 2.75) is 45.2 Å². The fourth-order valence-corrected chi connectivity index (χ4v) is 3.14. The molecule has 1 aromatic rings. The Morgan fingerprint density at radius 2 is 2.21 bits per heavy atom. The molecule has 3 unspecified atom stereocenters. The Balaban J connectivity index is 1.99. The quantitative estimate of drug-likeness (QED) is 0.906. The summed E-state index contributed by atoms with van der Waals surface area (Å²) < 4.78 is 13.2. The zero-order valence-corrected chi connectivity index (χ0v) is 12.0. The Labute approximate surface area is 115 Å². The van der Waals surface area contributed by atoms with Crippen LogP contribution in [0.1, 0.15) is 32.3 Å². The van der Waals surface area contributed by atoms with Gasteiger partial charge in [0, 0.05) is 18.6 Å². The standard InChI is InChI=1S/C16H25FN2/c1-12-6-7-15(10-18)11-19(12)13(2)8-14-4-3-5-16(17)9-14/h3-5,9,12-13,15H,6-8,10-11,18H2,1-2H3. The summed E-state index contributed by atoms with van der Waals surface area (Å²) in [5.74, 6) is 0.474. The van der Waals surface area contributed by atoms with Gasteiger partial charge in [0.05, 0.1) is 0 Å².